The summed E-state index contributed by atoms with van der Waals surface area (Å²) in [6.07, 6.45) is -4.36. The summed E-state index contributed by atoms with van der Waals surface area (Å²) in [7, 11) is -3.89. The lowest BCUT2D eigenvalue weighted by Crippen LogP contribution is -2.25. The first-order valence-electron chi connectivity index (χ1n) is 5.29. The van der Waals surface area contributed by atoms with E-state index in [1.54, 1.807) is 0 Å². The molecule has 7 nitrogen and oxygen atoms in total. The summed E-state index contributed by atoms with van der Waals surface area (Å²) in [6.45, 7) is 0. The van der Waals surface area contributed by atoms with Gasteiger partial charge in [-0.3, -0.25) is 9.52 Å². The average molecular weight is 309 g/mol. The Labute approximate surface area is 112 Å². The largest absolute Gasteiger partial charge is 0.586 e. The highest BCUT2D eigenvalue weighted by atomic mass is 32.2. The Balaban J connectivity index is 2.11. The van der Waals surface area contributed by atoms with E-state index in [2.05, 4.69) is 14.2 Å². The number of nitrogens with one attached hydrogen (secondary N) is 1. The number of hydrogen-bond donors (Lipinski definition) is 2. The van der Waals surface area contributed by atoms with Crippen molar-refractivity contribution in [3.63, 3.8) is 0 Å². The molecule has 2 N–H and O–H groups in total. The summed E-state index contributed by atoms with van der Waals surface area (Å²) in [5.74, 6) is -2.43. The Morgan fingerprint density at radius 2 is 1.95 bits per heavy atom. The van der Waals surface area contributed by atoms with Crippen molar-refractivity contribution < 1.29 is 36.6 Å². The lowest BCUT2D eigenvalue weighted by molar-refractivity contribution is -0.286. The minimum atomic E-state index is -3.89. The zero-order valence-corrected chi connectivity index (χ0v) is 10.6. The van der Waals surface area contributed by atoms with Crippen molar-refractivity contribution in [3.05, 3.63) is 18.2 Å². The van der Waals surface area contributed by atoms with Crippen LogP contribution in [-0.2, 0) is 14.8 Å². The first-order chi connectivity index (χ1) is 9.17. The van der Waals surface area contributed by atoms with Gasteiger partial charge in [-0.05, 0) is 12.1 Å². The molecule has 10 heteroatoms. The molecule has 0 spiro atoms. The minimum absolute atomic E-state index is 0.0320. The van der Waals surface area contributed by atoms with Crippen molar-refractivity contribution in [1.29, 1.82) is 0 Å². The molecule has 0 fully saturated rings. The Kier molecular flexibility index (Phi) is 3.42. The molecule has 2 rings (SSSR count). The van der Waals surface area contributed by atoms with Crippen LogP contribution in [0.15, 0.2) is 18.2 Å². The van der Waals surface area contributed by atoms with E-state index in [4.69, 9.17) is 5.11 Å². The number of fused-ring (bicyclic) bond motifs is 1. The van der Waals surface area contributed by atoms with Gasteiger partial charge in [-0.2, -0.15) is 0 Å². The monoisotopic (exact) mass is 309 g/mol. The Bertz CT molecular complexity index is 645. The van der Waals surface area contributed by atoms with Crippen LogP contribution in [0.1, 0.15) is 6.42 Å². The molecule has 1 aromatic rings. The van der Waals surface area contributed by atoms with Gasteiger partial charge in [0, 0.05) is 6.07 Å². The number of carboxylic acids is 1. The number of rotatable bonds is 5. The van der Waals surface area contributed by atoms with E-state index in [9.17, 15) is 22.0 Å². The summed E-state index contributed by atoms with van der Waals surface area (Å²) >= 11 is 0. The second-order valence-corrected chi connectivity index (χ2v) is 5.74. The lowest BCUT2D eigenvalue weighted by atomic mass is 10.3. The van der Waals surface area contributed by atoms with Crippen LogP contribution in [0.4, 0.5) is 14.5 Å². The highest BCUT2D eigenvalue weighted by Gasteiger charge is 2.43. The van der Waals surface area contributed by atoms with Crippen molar-refractivity contribution in [2.45, 2.75) is 12.7 Å². The zero-order valence-electron chi connectivity index (χ0n) is 9.80. The van der Waals surface area contributed by atoms with Crippen LogP contribution in [0.5, 0.6) is 11.5 Å². The van der Waals surface area contributed by atoms with Gasteiger partial charge >= 0.3 is 12.3 Å². The molecule has 1 heterocycles. The highest BCUT2D eigenvalue weighted by Crippen LogP contribution is 2.42. The van der Waals surface area contributed by atoms with Gasteiger partial charge in [-0.1, -0.05) is 0 Å². The van der Waals surface area contributed by atoms with Crippen LogP contribution < -0.4 is 14.2 Å². The molecule has 1 aromatic carbocycles. The maximum atomic E-state index is 12.8. The van der Waals surface area contributed by atoms with Crippen molar-refractivity contribution in [3.8, 4) is 11.5 Å². The van der Waals surface area contributed by atoms with Crippen LogP contribution in [0.25, 0.3) is 0 Å². The molecular formula is C10H9F2NO6S. The molecule has 1 aliphatic rings. The second kappa shape index (κ2) is 4.78. The van der Waals surface area contributed by atoms with Crippen LogP contribution in [0.3, 0.4) is 0 Å². The van der Waals surface area contributed by atoms with E-state index >= 15 is 0 Å². The third kappa shape index (κ3) is 3.47. The fourth-order valence-corrected chi connectivity index (χ4v) is 2.50. The number of hydrogen-bond acceptors (Lipinski definition) is 5. The molecule has 0 atom stereocenters. The third-order valence-corrected chi connectivity index (χ3v) is 3.55. The normalized spacial score (nSPS) is 15.9. The molecule has 0 bridgehead atoms. The number of carbonyl (C=O) groups is 1. The zero-order chi connectivity index (χ0) is 15.0. The summed E-state index contributed by atoms with van der Waals surface area (Å²) < 4.78 is 59.0. The number of benzene rings is 1. The summed E-state index contributed by atoms with van der Waals surface area (Å²) in [5, 5.41) is 8.42. The number of aliphatic carboxylic acids is 1. The predicted octanol–water partition coefficient (Wildman–Crippen LogP) is 1.22. The fraction of sp³-hybridized carbons (Fsp3) is 0.300. The molecule has 0 saturated carbocycles. The third-order valence-electron chi connectivity index (χ3n) is 2.26. The first-order valence-corrected chi connectivity index (χ1v) is 6.94. The van der Waals surface area contributed by atoms with E-state index in [0.29, 0.717) is 0 Å². The van der Waals surface area contributed by atoms with Gasteiger partial charge in [0.25, 0.3) is 0 Å². The van der Waals surface area contributed by atoms with E-state index in [-0.39, 0.29) is 17.2 Å². The van der Waals surface area contributed by atoms with Gasteiger partial charge in [-0.15, -0.1) is 8.78 Å². The summed E-state index contributed by atoms with van der Waals surface area (Å²) in [5.41, 5.74) is -0.0320. The molecule has 0 aromatic heterocycles. The molecule has 0 amide bonds. The SMILES string of the molecule is O=C(O)CCS(=O)(=O)Nc1ccc2c(c1)OC(F)(F)O2. The molecule has 110 valence electrons. The van der Waals surface area contributed by atoms with E-state index in [1.165, 1.54) is 6.07 Å². The van der Waals surface area contributed by atoms with E-state index < -0.39 is 34.5 Å². The van der Waals surface area contributed by atoms with Gasteiger partial charge in [0.05, 0.1) is 17.9 Å². The average Bonchev–Trinajstić information content (AvgIpc) is 2.59. The van der Waals surface area contributed by atoms with Gasteiger partial charge in [0.15, 0.2) is 11.5 Å². The quantitative estimate of drug-likeness (QED) is 0.848. The molecular weight excluding hydrogens is 300 g/mol. The topological polar surface area (TPSA) is 102 Å². The maximum Gasteiger partial charge on any atom is 0.586 e. The van der Waals surface area contributed by atoms with Gasteiger partial charge in [0.2, 0.25) is 10.0 Å². The van der Waals surface area contributed by atoms with Crippen molar-refractivity contribution >= 4 is 21.7 Å². The number of ether oxygens (including phenoxy) is 2. The lowest BCUT2D eigenvalue weighted by Gasteiger charge is -2.07. The van der Waals surface area contributed by atoms with E-state index in [0.717, 1.165) is 12.1 Å². The number of sulfonamides is 1. The standard InChI is InChI=1S/C10H9F2NO6S/c11-10(12)18-7-2-1-6(5-8(7)19-10)13-20(16,17)4-3-9(14)15/h1-2,5,13H,3-4H2,(H,14,15). The smallest absolute Gasteiger partial charge is 0.481 e. The van der Waals surface area contributed by atoms with Crippen molar-refractivity contribution in [2.24, 2.45) is 0 Å². The maximum absolute atomic E-state index is 12.8. The molecule has 20 heavy (non-hydrogen) atoms. The molecule has 0 aliphatic carbocycles. The first kappa shape index (κ1) is 14.3. The molecule has 1 aliphatic heterocycles. The Morgan fingerprint density at radius 1 is 1.30 bits per heavy atom. The number of halogens is 2. The number of alkyl halides is 2. The Hall–Kier alpha value is -2.10. The van der Waals surface area contributed by atoms with Crippen LogP contribution >= 0.6 is 0 Å². The van der Waals surface area contributed by atoms with Gasteiger partial charge in [0.1, 0.15) is 0 Å². The highest BCUT2D eigenvalue weighted by molar-refractivity contribution is 7.92. The van der Waals surface area contributed by atoms with Crippen LogP contribution in [0, 0.1) is 0 Å². The van der Waals surface area contributed by atoms with Gasteiger partial charge in [-0.25, -0.2) is 8.42 Å². The Morgan fingerprint density at radius 3 is 2.60 bits per heavy atom. The van der Waals surface area contributed by atoms with Crippen molar-refractivity contribution in [1.82, 2.24) is 0 Å². The minimum Gasteiger partial charge on any atom is -0.481 e. The fourth-order valence-electron chi connectivity index (χ4n) is 1.46. The molecule has 0 unspecified atom stereocenters. The van der Waals surface area contributed by atoms with Crippen LogP contribution in [-0.4, -0.2) is 31.5 Å². The summed E-state index contributed by atoms with van der Waals surface area (Å²) in [6, 6.07) is 3.34. The van der Waals surface area contributed by atoms with Crippen molar-refractivity contribution in [2.75, 3.05) is 10.5 Å². The molecule has 0 radical (unpaired) electrons. The van der Waals surface area contributed by atoms with Crippen LogP contribution in [0.2, 0.25) is 0 Å². The van der Waals surface area contributed by atoms with E-state index in [1.807, 2.05) is 0 Å². The number of carboxylic acid groups (broad SMARTS) is 1. The predicted molar refractivity (Wildman–Crippen MR) is 62.3 cm³/mol. The number of anilines is 1. The molecule has 0 saturated heterocycles. The van der Waals surface area contributed by atoms with Gasteiger partial charge < -0.3 is 14.6 Å². The summed E-state index contributed by atoms with van der Waals surface area (Å²) in [4.78, 5) is 10.3. The second-order valence-electron chi connectivity index (χ2n) is 3.89.